The molecular weight excluding hydrogens is 441 g/mol. The first kappa shape index (κ1) is 15.0. The van der Waals surface area contributed by atoms with Crippen LogP contribution in [0.3, 0.4) is 0 Å². The number of carbonyl (C=O) groups excluding carboxylic acids is 1. The second kappa shape index (κ2) is 6.08. The molecule has 2 nitrogen and oxygen atoms in total. The Morgan fingerprint density at radius 2 is 2.05 bits per heavy atom. The van der Waals surface area contributed by atoms with Crippen LogP contribution in [0.2, 0.25) is 0 Å². The van der Waals surface area contributed by atoms with E-state index in [1.54, 1.807) is 0 Å². The Kier molecular flexibility index (Phi) is 4.36. The number of fused-ring (bicyclic) bond motifs is 1. The maximum Gasteiger partial charge on any atom is 0.259 e. The summed E-state index contributed by atoms with van der Waals surface area (Å²) in [6.45, 7) is 2.88. The van der Waals surface area contributed by atoms with Gasteiger partial charge in [-0.25, -0.2) is 0 Å². The fraction of sp³-hybridized carbons (Fsp3) is 0.235. The summed E-state index contributed by atoms with van der Waals surface area (Å²) in [4.78, 5) is 14.8. The zero-order chi connectivity index (χ0) is 15.0. The van der Waals surface area contributed by atoms with Gasteiger partial charge >= 0.3 is 0 Å². The minimum atomic E-state index is 0.0884. The normalized spacial score (nSPS) is 14.0. The van der Waals surface area contributed by atoms with Crippen molar-refractivity contribution in [3.05, 3.63) is 61.1 Å². The molecule has 0 atom stereocenters. The number of nitrogens with zero attached hydrogens (tertiary/aromatic N) is 1. The Bertz CT molecular complexity index is 714. The van der Waals surface area contributed by atoms with Gasteiger partial charge in [0.25, 0.3) is 5.91 Å². The molecule has 3 rings (SSSR count). The van der Waals surface area contributed by atoms with E-state index in [-0.39, 0.29) is 5.91 Å². The van der Waals surface area contributed by atoms with Crippen molar-refractivity contribution in [3.63, 3.8) is 0 Å². The van der Waals surface area contributed by atoms with Crippen molar-refractivity contribution < 1.29 is 4.79 Å². The summed E-state index contributed by atoms with van der Waals surface area (Å²) < 4.78 is 1.92. The van der Waals surface area contributed by atoms with E-state index in [9.17, 15) is 4.79 Å². The van der Waals surface area contributed by atoms with Crippen LogP contribution in [0, 0.1) is 10.5 Å². The zero-order valence-electron chi connectivity index (χ0n) is 11.7. The lowest BCUT2D eigenvalue weighted by molar-refractivity contribution is 0.0984. The van der Waals surface area contributed by atoms with Crippen LogP contribution in [0.1, 0.15) is 27.9 Å². The molecule has 0 saturated heterocycles. The maximum atomic E-state index is 12.9. The Morgan fingerprint density at radius 1 is 1.24 bits per heavy atom. The lowest BCUT2D eigenvalue weighted by Crippen LogP contribution is -2.36. The second-order valence-corrected chi connectivity index (χ2v) is 7.39. The van der Waals surface area contributed by atoms with Gasteiger partial charge < -0.3 is 4.90 Å². The number of hydrogen-bond donors (Lipinski definition) is 0. The van der Waals surface area contributed by atoms with Crippen LogP contribution in [0.15, 0.2) is 40.9 Å². The summed E-state index contributed by atoms with van der Waals surface area (Å²) in [6.07, 6.45) is 2.07. The van der Waals surface area contributed by atoms with Crippen LogP contribution in [-0.4, -0.2) is 12.5 Å². The van der Waals surface area contributed by atoms with Gasteiger partial charge in [-0.1, -0.05) is 33.6 Å². The van der Waals surface area contributed by atoms with Crippen molar-refractivity contribution in [1.82, 2.24) is 0 Å². The molecule has 2 aromatic rings. The molecule has 0 spiro atoms. The first-order valence-electron chi connectivity index (χ1n) is 6.93. The predicted molar refractivity (Wildman–Crippen MR) is 98.0 cm³/mol. The number of anilines is 1. The molecule has 4 heteroatoms. The van der Waals surface area contributed by atoms with E-state index in [4.69, 9.17) is 0 Å². The number of hydrogen-bond acceptors (Lipinski definition) is 1. The van der Waals surface area contributed by atoms with E-state index < -0.39 is 0 Å². The van der Waals surface area contributed by atoms with Gasteiger partial charge in [-0.3, -0.25) is 4.79 Å². The van der Waals surface area contributed by atoms with Crippen molar-refractivity contribution in [2.75, 3.05) is 11.4 Å². The van der Waals surface area contributed by atoms with E-state index in [2.05, 4.69) is 63.6 Å². The van der Waals surface area contributed by atoms with Gasteiger partial charge in [-0.2, -0.15) is 0 Å². The van der Waals surface area contributed by atoms with Crippen LogP contribution >= 0.6 is 38.5 Å². The van der Waals surface area contributed by atoms with E-state index in [0.717, 1.165) is 38.7 Å². The molecule has 108 valence electrons. The third-order valence-electron chi connectivity index (χ3n) is 3.76. The second-order valence-electron chi connectivity index (χ2n) is 5.32. The molecule has 1 heterocycles. The summed E-state index contributed by atoms with van der Waals surface area (Å²) in [5, 5.41) is 0. The van der Waals surface area contributed by atoms with Gasteiger partial charge in [0.2, 0.25) is 0 Å². The van der Waals surface area contributed by atoms with Crippen molar-refractivity contribution in [1.29, 1.82) is 0 Å². The van der Waals surface area contributed by atoms with Gasteiger partial charge in [0.15, 0.2) is 0 Å². The molecule has 0 bridgehead atoms. The number of rotatable bonds is 1. The predicted octanol–water partition coefficient (Wildman–Crippen LogP) is 4.96. The lowest BCUT2D eigenvalue weighted by atomic mass is 9.99. The summed E-state index contributed by atoms with van der Waals surface area (Å²) >= 11 is 5.68. The van der Waals surface area contributed by atoms with Crippen LogP contribution in [0.4, 0.5) is 5.69 Å². The zero-order valence-corrected chi connectivity index (χ0v) is 15.4. The highest BCUT2D eigenvalue weighted by atomic mass is 127. The lowest BCUT2D eigenvalue weighted by Gasteiger charge is -2.30. The summed E-state index contributed by atoms with van der Waals surface area (Å²) in [5.41, 5.74) is 4.35. The maximum absolute atomic E-state index is 12.9. The minimum Gasteiger partial charge on any atom is -0.308 e. The number of halogens is 2. The van der Waals surface area contributed by atoms with Gasteiger partial charge in [0.1, 0.15) is 0 Å². The van der Waals surface area contributed by atoms with Gasteiger partial charge in [-0.15, -0.1) is 0 Å². The number of amides is 1. The van der Waals surface area contributed by atoms with Crippen molar-refractivity contribution in [3.8, 4) is 0 Å². The van der Waals surface area contributed by atoms with E-state index in [1.165, 1.54) is 11.1 Å². The topological polar surface area (TPSA) is 20.3 Å². The Hall–Kier alpha value is -0.880. The fourth-order valence-electron chi connectivity index (χ4n) is 2.74. The largest absolute Gasteiger partial charge is 0.308 e. The summed E-state index contributed by atoms with van der Waals surface area (Å²) in [5.74, 6) is 0.0884. The first-order chi connectivity index (χ1) is 10.1. The van der Waals surface area contributed by atoms with Gasteiger partial charge in [0.05, 0.1) is 5.56 Å². The number of carbonyl (C=O) groups is 1. The molecule has 0 N–H and O–H groups in total. The SMILES string of the molecule is Cc1ccc2c(c1)CCCN2C(=O)c1cc(Br)ccc1I. The van der Waals surface area contributed by atoms with E-state index in [1.807, 2.05) is 23.1 Å². The molecule has 21 heavy (non-hydrogen) atoms. The monoisotopic (exact) mass is 455 g/mol. The highest BCUT2D eigenvalue weighted by Gasteiger charge is 2.24. The molecule has 1 aliphatic heterocycles. The molecule has 0 aliphatic carbocycles. The molecular formula is C17H15BrINO. The van der Waals surface area contributed by atoms with Gasteiger partial charge in [0, 0.05) is 20.3 Å². The first-order valence-corrected chi connectivity index (χ1v) is 8.80. The third-order valence-corrected chi connectivity index (χ3v) is 5.19. The number of benzene rings is 2. The minimum absolute atomic E-state index is 0.0884. The van der Waals surface area contributed by atoms with Crippen molar-refractivity contribution >= 4 is 50.1 Å². The molecule has 1 amide bonds. The summed E-state index contributed by atoms with van der Waals surface area (Å²) in [6, 6.07) is 12.2. The summed E-state index contributed by atoms with van der Waals surface area (Å²) in [7, 11) is 0. The van der Waals surface area contributed by atoms with Crippen LogP contribution in [-0.2, 0) is 6.42 Å². The Balaban J connectivity index is 2.02. The Labute approximate surface area is 146 Å². The quantitative estimate of drug-likeness (QED) is 0.557. The van der Waals surface area contributed by atoms with Crippen molar-refractivity contribution in [2.24, 2.45) is 0 Å². The molecule has 0 radical (unpaired) electrons. The van der Waals surface area contributed by atoms with Crippen LogP contribution in [0.25, 0.3) is 0 Å². The average molecular weight is 456 g/mol. The number of aryl methyl sites for hydroxylation is 2. The molecule has 0 aromatic heterocycles. The standard InChI is InChI=1S/C17H15BrINO/c1-11-4-7-16-12(9-11)3-2-8-20(16)17(21)14-10-13(18)5-6-15(14)19/h4-7,9-10H,2-3,8H2,1H3. The molecule has 0 fully saturated rings. The molecule has 1 aliphatic rings. The van der Waals surface area contributed by atoms with E-state index >= 15 is 0 Å². The molecule has 2 aromatic carbocycles. The highest BCUT2D eigenvalue weighted by Crippen LogP contribution is 2.30. The van der Waals surface area contributed by atoms with Gasteiger partial charge in [-0.05, 0) is 72.2 Å². The highest BCUT2D eigenvalue weighted by molar-refractivity contribution is 14.1. The van der Waals surface area contributed by atoms with E-state index in [0.29, 0.717) is 0 Å². The van der Waals surface area contributed by atoms with Crippen molar-refractivity contribution in [2.45, 2.75) is 19.8 Å². The average Bonchev–Trinajstić information content (AvgIpc) is 2.48. The molecule has 0 unspecified atom stereocenters. The Morgan fingerprint density at radius 3 is 2.86 bits per heavy atom. The smallest absolute Gasteiger partial charge is 0.259 e. The van der Waals surface area contributed by atoms with Crippen LogP contribution in [0.5, 0.6) is 0 Å². The third kappa shape index (κ3) is 3.01. The fourth-order valence-corrected chi connectivity index (χ4v) is 3.67. The van der Waals surface area contributed by atoms with Crippen LogP contribution < -0.4 is 4.90 Å². The molecule has 0 saturated carbocycles.